The number of carbonyl (C=O) groups excluding carboxylic acids is 1. The van der Waals surface area contributed by atoms with Crippen LogP contribution >= 0.6 is 0 Å². The molecule has 3 nitrogen and oxygen atoms in total. The summed E-state index contributed by atoms with van der Waals surface area (Å²) in [6, 6.07) is -0.0441. The predicted octanol–water partition coefficient (Wildman–Crippen LogP) is 1.62. The SMILES string of the molecule is CCC1(C)CC(C(N)=O)N(CC(C)C)C1. The minimum Gasteiger partial charge on any atom is -0.368 e. The van der Waals surface area contributed by atoms with E-state index in [1.54, 1.807) is 0 Å². The molecule has 1 aliphatic heterocycles. The van der Waals surface area contributed by atoms with Crippen molar-refractivity contribution in [1.82, 2.24) is 4.90 Å². The van der Waals surface area contributed by atoms with Gasteiger partial charge in [0.15, 0.2) is 0 Å². The van der Waals surface area contributed by atoms with Crippen LogP contribution in [0.3, 0.4) is 0 Å². The summed E-state index contributed by atoms with van der Waals surface area (Å²) >= 11 is 0. The summed E-state index contributed by atoms with van der Waals surface area (Å²) < 4.78 is 0. The third-order valence-electron chi connectivity index (χ3n) is 3.49. The molecule has 0 radical (unpaired) electrons. The van der Waals surface area contributed by atoms with E-state index in [0.717, 1.165) is 25.9 Å². The molecule has 0 aromatic carbocycles. The Balaban J connectivity index is 2.72. The first kappa shape index (κ1) is 12.5. The van der Waals surface area contributed by atoms with Gasteiger partial charge in [-0.2, -0.15) is 0 Å². The lowest BCUT2D eigenvalue weighted by atomic mass is 9.85. The largest absolute Gasteiger partial charge is 0.368 e. The minimum absolute atomic E-state index is 0.0441. The molecule has 2 atom stereocenters. The van der Waals surface area contributed by atoms with Crippen molar-refractivity contribution in [2.24, 2.45) is 17.1 Å². The molecule has 0 aliphatic carbocycles. The van der Waals surface area contributed by atoms with Crippen LogP contribution in [0.2, 0.25) is 0 Å². The van der Waals surface area contributed by atoms with Crippen LogP contribution in [0.1, 0.15) is 40.5 Å². The van der Waals surface area contributed by atoms with Crippen molar-refractivity contribution in [3.63, 3.8) is 0 Å². The molecule has 0 aromatic heterocycles. The van der Waals surface area contributed by atoms with Gasteiger partial charge in [0.2, 0.25) is 5.91 Å². The lowest BCUT2D eigenvalue weighted by molar-refractivity contribution is -0.122. The van der Waals surface area contributed by atoms with E-state index in [1.165, 1.54) is 0 Å². The Hall–Kier alpha value is -0.570. The molecule has 1 amide bonds. The van der Waals surface area contributed by atoms with Crippen molar-refractivity contribution in [1.29, 1.82) is 0 Å². The third-order valence-corrected chi connectivity index (χ3v) is 3.49. The Morgan fingerprint density at radius 1 is 1.60 bits per heavy atom. The number of amides is 1. The monoisotopic (exact) mass is 212 g/mol. The lowest BCUT2D eigenvalue weighted by Crippen LogP contribution is -2.41. The summed E-state index contributed by atoms with van der Waals surface area (Å²) in [4.78, 5) is 13.6. The van der Waals surface area contributed by atoms with Crippen LogP contribution in [0.5, 0.6) is 0 Å². The summed E-state index contributed by atoms with van der Waals surface area (Å²) in [5, 5.41) is 0. The molecule has 1 fully saturated rings. The maximum Gasteiger partial charge on any atom is 0.234 e. The van der Waals surface area contributed by atoms with Gasteiger partial charge in [0.05, 0.1) is 6.04 Å². The first-order chi connectivity index (χ1) is 6.88. The molecular weight excluding hydrogens is 188 g/mol. The van der Waals surface area contributed by atoms with E-state index in [1.807, 2.05) is 0 Å². The molecule has 1 aliphatic rings. The van der Waals surface area contributed by atoms with Gasteiger partial charge in [-0.3, -0.25) is 9.69 Å². The number of hydrogen-bond acceptors (Lipinski definition) is 2. The van der Waals surface area contributed by atoms with E-state index in [4.69, 9.17) is 5.73 Å². The van der Waals surface area contributed by atoms with Crippen LogP contribution in [-0.4, -0.2) is 29.9 Å². The Morgan fingerprint density at radius 3 is 2.60 bits per heavy atom. The highest BCUT2D eigenvalue weighted by molar-refractivity contribution is 5.80. The van der Waals surface area contributed by atoms with Crippen LogP contribution in [0.15, 0.2) is 0 Å². The lowest BCUT2D eigenvalue weighted by Gasteiger charge is -2.25. The quantitative estimate of drug-likeness (QED) is 0.769. The van der Waals surface area contributed by atoms with Crippen LogP contribution in [0, 0.1) is 11.3 Å². The van der Waals surface area contributed by atoms with Gasteiger partial charge in [0.1, 0.15) is 0 Å². The van der Waals surface area contributed by atoms with Crippen molar-refractivity contribution in [2.45, 2.75) is 46.6 Å². The van der Waals surface area contributed by atoms with Gasteiger partial charge in [-0.15, -0.1) is 0 Å². The summed E-state index contributed by atoms with van der Waals surface area (Å²) in [5.74, 6) is 0.430. The van der Waals surface area contributed by atoms with E-state index < -0.39 is 0 Å². The average molecular weight is 212 g/mol. The van der Waals surface area contributed by atoms with Gasteiger partial charge < -0.3 is 5.73 Å². The van der Waals surface area contributed by atoms with Crippen molar-refractivity contribution >= 4 is 5.91 Å². The van der Waals surface area contributed by atoms with E-state index in [9.17, 15) is 4.79 Å². The third kappa shape index (κ3) is 2.94. The molecule has 0 aromatic rings. The average Bonchev–Trinajstić information content (AvgIpc) is 2.43. The number of primary amides is 1. The first-order valence-electron chi connectivity index (χ1n) is 5.91. The Kier molecular flexibility index (Phi) is 3.77. The second-order valence-corrected chi connectivity index (χ2v) is 5.61. The van der Waals surface area contributed by atoms with Gasteiger partial charge >= 0.3 is 0 Å². The van der Waals surface area contributed by atoms with Crippen molar-refractivity contribution in [2.75, 3.05) is 13.1 Å². The highest BCUT2D eigenvalue weighted by Crippen LogP contribution is 2.37. The van der Waals surface area contributed by atoms with E-state index >= 15 is 0 Å². The highest BCUT2D eigenvalue weighted by atomic mass is 16.1. The van der Waals surface area contributed by atoms with Crippen LogP contribution in [-0.2, 0) is 4.79 Å². The molecule has 2 unspecified atom stereocenters. The Morgan fingerprint density at radius 2 is 2.20 bits per heavy atom. The van der Waals surface area contributed by atoms with Gasteiger partial charge in [-0.05, 0) is 24.2 Å². The fourth-order valence-electron chi connectivity index (χ4n) is 2.46. The standard InChI is InChI=1S/C12H24N2O/c1-5-12(4)6-10(11(13)15)14(8-12)7-9(2)3/h9-10H,5-8H2,1-4H3,(H2,13,15). The maximum atomic E-state index is 11.4. The molecule has 1 rings (SSSR count). The summed E-state index contributed by atoms with van der Waals surface area (Å²) in [6.07, 6.45) is 2.04. The molecule has 0 saturated carbocycles. The number of nitrogens with zero attached hydrogens (tertiary/aromatic N) is 1. The topological polar surface area (TPSA) is 46.3 Å². The highest BCUT2D eigenvalue weighted by Gasteiger charge is 2.41. The number of nitrogens with two attached hydrogens (primary N) is 1. The molecule has 3 heteroatoms. The van der Waals surface area contributed by atoms with Gasteiger partial charge in [-0.25, -0.2) is 0 Å². The molecule has 0 spiro atoms. The molecule has 1 saturated heterocycles. The van der Waals surface area contributed by atoms with E-state index in [2.05, 4.69) is 32.6 Å². The number of likely N-dealkylation sites (tertiary alicyclic amines) is 1. The molecule has 88 valence electrons. The summed E-state index contributed by atoms with van der Waals surface area (Å²) in [6.45, 7) is 10.8. The zero-order chi connectivity index (χ0) is 11.6. The smallest absolute Gasteiger partial charge is 0.234 e. The van der Waals surface area contributed by atoms with Gasteiger partial charge in [-0.1, -0.05) is 27.7 Å². The molecule has 15 heavy (non-hydrogen) atoms. The summed E-state index contributed by atoms with van der Waals surface area (Å²) in [7, 11) is 0. The normalized spacial score (nSPS) is 32.5. The zero-order valence-electron chi connectivity index (χ0n) is 10.4. The van der Waals surface area contributed by atoms with Crippen molar-refractivity contribution < 1.29 is 4.79 Å². The zero-order valence-corrected chi connectivity index (χ0v) is 10.4. The van der Waals surface area contributed by atoms with E-state index in [-0.39, 0.29) is 17.4 Å². The van der Waals surface area contributed by atoms with Crippen LogP contribution < -0.4 is 5.73 Å². The van der Waals surface area contributed by atoms with Crippen LogP contribution in [0.4, 0.5) is 0 Å². The number of carbonyl (C=O) groups is 1. The van der Waals surface area contributed by atoms with Crippen molar-refractivity contribution in [3.05, 3.63) is 0 Å². The fourth-order valence-corrected chi connectivity index (χ4v) is 2.46. The fraction of sp³-hybridized carbons (Fsp3) is 0.917. The van der Waals surface area contributed by atoms with Crippen molar-refractivity contribution in [3.8, 4) is 0 Å². The van der Waals surface area contributed by atoms with Crippen LogP contribution in [0.25, 0.3) is 0 Å². The number of hydrogen-bond donors (Lipinski definition) is 1. The molecule has 2 N–H and O–H groups in total. The second-order valence-electron chi connectivity index (χ2n) is 5.61. The van der Waals surface area contributed by atoms with E-state index in [0.29, 0.717) is 5.92 Å². The molecule has 1 heterocycles. The van der Waals surface area contributed by atoms with Gasteiger partial charge in [0, 0.05) is 13.1 Å². The Labute approximate surface area is 93.0 Å². The molecule has 0 bridgehead atoms. The maximum absolute atomic E-state index is 11.4. The second kappa shape index (κ2) is 4.52. The first-order valence-corrected chi connectivity index (χ1v) is 5.91. The van der Waals surface area contributed by atoms with Gasteiger partial charge in [0.25, 0.3) is 0 Å². The predicted molar refractivity (Wildman–Crippen MR) is 62.4 cm³/mol. The summed E-state index contributed by atoms with van der Waals surface area (Å²) in [5.41, 5.74) is 5.73. The molecular formula is C12H24N2O. The number of rotatable bonds is 4. The minimum atomic E-state index is -0.159. The Bertz CT molecular complexity index is 240.